The number of nitrogens with one attached hydrogen (secondary N) is 1. The molecule has 99 valence electrons. The second-order valence-electron chi connectivity index (χ2n) is 6.04. The molecule has 0 unspecified atom stereocenters. The Bertz CT molecular complexity index is 362. The van der Waals surface area contributed by atoms with Gasteiger partial charge in [-0.05, 0) is 48.6 Å². The maximum absolute atomic E-state index is 3.72. The minimum atomic E-state index is 0.733. The van der Waals surface area contributed by atoms with Crippen molar-refractivity contribution in [2.75, 3.05) is 0 Å². The zero-order valence-corrected chi connectivity index (χ0v) is 12.0. The second kappa shape index (κ2) is 6.38. The van der Waals surface area contributed by atoms with E-state index in [1.54, 1.807) is 0 Å². The van der Waals surface area contributed by atoms with Crippen LogP contribution in [-0.4, -0.2) is 6.04 Å². The Morgan fingerprint density at radius 3 is 2.56 bits per heavy atom. The minimum Gasteiger partial charge on any atom is -0.310 e. The molecule has 1 N–H and O–H groups in total. The zero-order valence-electron chi connectivity index (χ0n) is 12.0. The summed E-state index contributed by atoms with van der Waals surface area (Å²) >= 11 is 0. The van der Waals surface area contributed by atoms with Gasteiger partial charge in [-0.25, -0.2) is 0 Å². The van der Waals surface area contributed by atoms with Crippen LogP contribution < -0.4 is 5.32 Å². The summed E-state index contributed by atoms with van der Waals surface area (Å²) in [5.41, 5.74) is 2.78. The molecule has 1 aliphatic rings. The van der Waals surface area contributed by atoms with Crippen molar-refractivity contribution in [3.05, 3.63) is 41.3 Å². The molecule has 1 aromatic carbocycles. The quantitative estimate of drug-likeness (QED) is 0.832. The van der Waals surface area contributed by atoms with Crippen LogP contribution in [0.3, 0.4) is 0 Å². The maximum Gasteiger partial charge on any atom is 0.0208 e. The van der Waals surface area contributed by atoms with Crippen LogP contribution >= 0.6 is 0 Å². The Hall–Kier alpha value is -0.820. The first-order chi connectivity index (χ1) is 8.65. The Morgan fingerprint density at radius 2 is 1.89 bits per heavy atom. The molecule has 1 aliphatic carbocycles. The molecular weight excluding hydrogens is 218 g/mol. The summed E-state index contributed by atoms with van der Waals surface area (Å²) in [5, 5.41) is 3.72. The molecule has 0 aromatic heterocycles. The Morgan fingerprint density at radius 1 is 1.17 bits per heavy atom. The number of benzene rings is 1. The van der Waals surface area contributed by atoms with E-state index < -0.39 is 0 Å². The van der Waals surface area contributed by atoms with E-state index in [2.05, 4.69) is 50.4 Å². The second-order valence-corrected chi connectivity index (χ2v) is 6.04. The highest BCUT2D eigenvalue weighted by Crippen LogP contribution is 2.23. The third-order valence-corrected chi connectivity index (χ3v) is 4.12. The third kappa shape index (κ3) is 3.84. The van der Waals surface area contributed by atoms with Gasteiger partial charge in [-0.2, -0.15) is 0 Å². The summed E-state index contributed by atoms with van der Waals surface area (Å²) in [7, 11) is 0. The number of hydrogen-bond acceptors (Lipinski definition) is 1. The van der Waals surface area contributed by atoms with E-state index in [-0.39, 0.29) is 0 Å². The largest absolute Gasteiger partial charge is 0.310 e. The van der Waals surface area contributed by atoms with Gasteiger partial charge >= 0.3 is 0 Å². The van der Waals surface area contributed by atoms with Crippen molar-refractivity contribution in [3.8, 4) is 0 Å². The monoisotopic (exact) mass is 244 g/mol. The zero-order chi connectivity index (χ0) is 13.0. The summed E-state index contributed by atoms with van der Waals surface area (Å²) in [6, 6.07) is 9.64. The van der Waals surface area contributed by atoms with Gasteiger partial charge in [-0.15, -0.1) is 0 Å². The summed E-state index contributed by atoms with van der Waals surface area (Å²) in [4.78, 5) is 0. The molecule has 1 nitrogen and oxygen atoms in total. The SMILES string of the molecule is C[C](C)c1cccc(CNC2CCC(C)CC2)c1. The molecule has 2 rings (SSSR count). The van der Waals surface area contributed by atoms with Crippen LogP contribution in [0.1, 0.15) is 57.6 Å². The third-order valence-electron chi connectivity index (χ3n) is 4.12. The van der Waals surface area contributed by atoms with Crippen molar-refractivity contribution >= 4 is 0 Å². The van der Waals surface area contributed by atoms with Crippen molar-refractivity contribution in [1.29, 1.82) is 0 Å². The topological polar surface area (TPSA) is 12.0 Å². The fourth-order valence-corrected chi connectivity index (χ4v) is 2.72. The predicted molar refractivity (Wildman–Crippen MR) is 78.4 cm³/mol. The lowest BCUT2D eigenvalue weighted by molar-refractivity contribution is 0.306. The molecule has 0 bridgehead atoms. The lowest BCUT2D eigenvalue weighted by atomic mass is 9.87. The molecule has 1 aromatic rings. The van der Waals surface area contributed by atoms with Gasteiger partial charge in [0.25, 0.3) is 0 Å². The average molecular weight is 244 g/mol. The molecule has 0 spiro atoms. The van der Waals surface area contributed by atoms with E-state index in [4.69, 9.17) is 0 Å². The molecule has 0 aliphatic heterocycles. The average Bonchev–Trinajstić information content (AvgIpc) is 2.38. The van der Waals surface area contributed by atoms with Gasteiger partial charge < -0.3 is 5.32 Å². The Balaban J connectivity index is 1.84. The van der Waals surface area contributed by atoms with Gasteiger partial charge in [0, 0.05) is 12.6 Å². The molecule has 18 heavy (non-hydrogen) atoms. The maximum atomic E-state index is 3.72. The first-order valence-corrected chi connectivity index (χ1v) is 7.28. The van der Waals surface area contributed by atoms with E-state index in [0.29, 0.717) is 0 Å². The molecule has 1 radical (unpaired) electrons. The van der Waals surface area contributed by atoms with Crippen molar-refractivity contribution in [1.82, 2.24) is 5.32 Å². The van der Waals surface area contributed by atoms with Crippen LogP contribution in [0.15, 0.2) is 24.3 Å². The van der Waals surface area contributed by atoms with Gasteiger partial charge in [0.1, 0.15) is 0 Å². The predicted octanol–water partition coefficient (Wildman–Crippen LogP) is 4.32. The molecule has 0 saturated heterocycles. The highest BCUT2D eigenvalue weighted by Gasteiger charge is 2.17. The number of rotatable bonds is 4. The molecule has 0 atom stereocenters. The summed E-state index contributed by atoms with van der Waals surface area (Å²) in [5.74, 6) is 2.33. The lowest BCUT2D eigenvalue weighted by Crippen LogP contribution is -2.32. The van der Waals surface area contributed by atoms with Gasteiger partial charge in [-0.3, -0.25) is 0 Å². The molecule has 0 heterocycles. The smallest absolute Gasteiger partial charge is 0.0208 e. The van der Waals surface area contributed by atoms with Crippen LogP contribution in [0.5, 0.6) is 0 Å². The van der Waals surface area contributed by atoms with Crippen molar-refractivity contribution in [2.45, 2.75) is 59.0 Å². The van der Waals surface area contributed by atoms with Crippen molar-refractivity contribution < 1.29 is 0 Å². The first kappa shape index (κ1) is 13.6. The van der Waals surface area contributed by atoms with Crippen LogP contribution in [-0.2, 0) is 6.54 Å². The number of hydrogen-bond donors (Lipinski definition) is 1. The van der Waals surface area contributed by atoms with E-state index in [1.165, 1.54) is 42.7 Å². The van der Waals surface area contributed by atoms with Crippen molar-refractivity contribution in [3.63, 3.8) is 0 Å². The normalized spacial score (nSPS) is 24.4. The molecule has 0 amide bonds. The summed E-state index contributed by atoms with van der Waals surface area (Å²) in [6.07, 6.45) is 5.47. The van der Waals surface area contributed by atoms with E-state index >= 15 is 0 Å². The molecule has 1 saturated carbocycles. The molecular formula is C17H26N. The standard InChI is InChI=1S/C17H26N/c1-13(2)16-6-4-5-15(11-16)12-18-17-9-7-14(3)8-10-17/h4-6,11,14,17-18H,7-10,12H2,1-3H3. The van der Waals surface area contributed by atoms with Gasteiger partial charge in [0.05, 0.1) is 0 Å². The fraction of sp³-hybridized carbons (Fsp3) is 0.588. The summed E-state index contributed by atoms with van der Waals surface area (Å²) < 4.78 is 0. The molecule has 1 heteroatoms. The summed E-state index contributed by atoms with van der Waals surface area (Å²) in [6.45, 7) is 7.74. The van der Waals surface area contributed by atoms with E-state index in [9.17, 15) is 0 Å². The fourth-order valence-electron chi connectivity index (χ4n) is 2.72. The van der Waals surface area contributed by atoms with Crippen LogP contribution in [0.4, 0.5) is 0 Å². The van der Waals surface area contributed by atoms with Crippen LogP contribution in [0.2, 0.25) is 0 Å². The highest BCUT2D eigenvalue weighted by atomic mass is 14.9. The Kier molecular flexibility index (Phi) is 4.82. The van der Waals surface area contributed by atoms with E-state index in [1.807, 2.05) is 0 Å². The minimum absolute atomic E-state index is 0.733. The van der Waals surface area contributed by atoms with E-state index in [0.717, 1.165) is 18.5 Å². The van der Waals surface area contributed by atoms with Crippen LogP contribution in [0, 0.1) is 11.8 Å². The molecule has 1 fully saturated rings. The van der Waals surface area contributed by atoms with Gasteiger partial charge in [0.2, 0.25) is 0 Å². The van der Waals surface area contributed by atoms with Gasteiger partial charge in [0.15, 0.2) is 0 Å². The lowest BCUT2D eigenvalue weighted by Gasteiger charge is -2.27. The van der Waals surface area contributed by atoms with Crippen molar-refractivity contribution in [2.24, 2.45) is 5.92 Å². The Labute approximate surface area is 112 Å². The first-order valence-electron chi connectivity index (χ1n) is 7.28. The van der Waals surface area contributed by atoms with Crippen LogP contribution in [0.25, 0.3) is 0 Å². The highest BCUT2D eigenvalue weighted by molar-refractivity contribution is 5.32. The van der Waals surface area contributed by atoms with Gasteiger partial charge in [-0.1, -0.05) is 45.0 Å².